The van der Waals surface area contributed by atoms with E-state index in [4.69, 9.17) is 11.6 Å². The fourth-order valence-electron chi connectivity index (χ4n) is 5.71. The molecule has 9 heteroatoms. The summed E-state index contributed by atoms with van der Waals surface area (Å²) in [6, 6.07) is 5.21. The van der Waals surface area contributed by atoms with Gasteiger partial charge in [0.25, 0.3) is 0 Å². The Morgan fingerprint density at radius 1 is 1.26 bits per heavy atom. The lowest BCUT2D eigenvalue weighted by atomic mass is 9.80. The summed E-state index contributed by atoms with van der Waals surface area (Å²) in [5, 5.41) is 4.29. The Balaban J connectivity index is 1.16. The van der Waals surface area contributed by atoms with Gasteiger partial charge in [0.2, 0.25) is 5.91 Å². The Bertz CT molecular complexity index is 1300. The SMILES string of the molecule is O=C(C=CCN1CC2CCC1CC2)N1CCc2c(sc3ncnc(Nc4ccc(F)c(Cl)c4)c23)C1. The van der Waals surface area contributed by atoms with Crippen molar-refractivity contribution in [2.24, 2.45) is 5.92 Å². The molecule has 1 amide bonds. The van der Waals surface area contributed by atoms with E-state index in [9.17, 15) is 9.18 Å². The zero-order valence-electron chi connectivity index (χ0n) is 19.3. The van der Waals surface area contributed by atoms with Crippen molar-refractivity contribution in [3.8, 4) is 0 Å². The largest absolute Gasteiger partial charge is 0.340 e. The third-order valence-corrected chi connectivity index (χ3v) is 8.97. The van der Waals surface area contributed by atoms with Gasteiger partial charge >= 0.3 is 0 Å². The molecule has 6 nitrogen and oxygen atoms in total. The summed E-state index contributed by atoms with van der Waals surface area (Å²) in [4.78, 5) is 28.3. The fourth-order valence-corrected chi connectivity index (χ4v) is 7.10. The molecule has 5 heterocycles. The van der Waals surface area contributed by atoms with Gasteiger partial charge in [-0.2, -0.15) is 0 Å². The molecule has 1 saturated carbocycles. The summed E-state index contributed by atoms with van der Waals surface area (Å²) in [6.07, 6.45) is 11.4. The van der Waals surface area contributed by atoms with Crippen LogP contribution in [-0.2, 0) is 17.8 Å². The molecular formula is C26H27ClFN5OS. The van der Waals surface area contributed by atoms with Crippen LogP contribution in [-0.4, -0.2) is 51.4 Å². The number of rotatable bonds is 5. The Hall–Kier alpha value is -2.55. The molecule has 3 fully saturated rings. The lowest BCUT2D eigenvalue weighted by molar-refractivity contribution is -0.126. The number of amides is 1. The van der Waals surface area contributed by atoms with Gasteiger partial charge in [0.15, 0.2) is 0 Å². The van der Waals surface area contributed by atoms with Crippen molar-refractivity contribution in [1.82, 2.24) is 19.8 Å². The van der Waals surface area contributed by atoms with Crippen molar-refractivity contribution in [3.63, 3.8) is 0 Å². The number of benzene rings is 1. The van der Waals surface area contributed by atoms with E-state index in [0.717, 1.165) is 34.0 Å². The number of carbonyl (C=O) groups excluding carboxylic acids is 1. The molecule has 0 radical (unpaired) electrons. The maximum absolute atomic E-state index is 13.6. The van der Waals surface area contributed by atoms with E-state index in [0.29, 0.717) is 30.6 Å². The first kappa shape index (κ1) is 22.9. The molecule has 1 aromatic carbocycles. The maximum Gasteiger partial charge on any atom is 0.246 e. The monoisotopic (exact) mass is 511 g/mol. The van der Waals surface area contributed by atoms with Crippen LogP contribution < -0.4 is 5.32 Å². The minimum Gasteiger partial charge on any atom is -0.340 e. The maximum atomic E-state index is 13.6. The van der Waals surface area contributed by atoms with Crippen molar-refractivity contribution in [2.75, 3.05) is 25.0 Å². The number of hydrogen-bond donors (Lipinski definition) is 1. The van der Waals surface area contributed by atoms with Crippen LogP contribution in [0.3, 0.4) is 0 Å². The zero-order chi connectivity index (χ0) is 23.9. The van der Waals surface area contributed by atoms with Gasteiger partial charge < -0.3 is 10.2 Å². The number of hydrogen-bond acceptors (Lipinski definition) is 6. The van der Waals surface area contributed by atoms with Crippen molar-refractivity contribution >= 4 is 50.6 Å². The summed E-state index contributed by atoms with van der Waals surface area (Å²) in [5.41, 5.74) is 1.84. The molecule has 0 atom stereocenters. The molecule has 35 heavy (non-hydrogen) atoms. The molecule has 1 N–H and O–H groups in total. The number of anilines is 2. The average molecular weight is 512 g/mol. The number of nitrogens with one attached hydrogen (secondary N) is 1. The molecule has 1 aliphatic carbocycles. The van der Waals surface area contributed by atoms with E-state index in [-0.39, 0.29) is 10.9 Å². The second-order valence-electron chi connectivity index (χ2n) is 9.70. The summed E-state index contributed by atoms with van der Waals surface area (Å²) < 4.78 is 13.6. The topological polar surface area (TPSA) is 61.4 Å². The van der Waals surface area contributed by atoms with Gasteiger partial charge in [0.1, 0.15) is 22.8 Å². The number of aromatic nitrogens is 2. The Morgan fingerprint density at radius 2 is 2.11 bits per heavy atom. The van der Waals surface area contributed by atoms with E-state index < -0.39 is 5.82 Å². The number of carbonyl (C=O) groups is 1. The van der Waals surface area contributed by atoms with Crippen LogP contribution in [0.15, 0.2) is 36.7 Å². The molecule has 2 aromatic heterocycles. The van der Waals surface area contributed by atoms with E-state index in [2.05, 4.69) is 20.2 Å². The zero-order valence-corrected chi connectivity index (χ0v) is 20.9. The number of halogens is 2. The van der Waals surface area contributed by atoms with Gasteiger partial charge in [-0.05, 0) is 61.8 Å². The van der Waals surface area contributed by atoms with Gasteiger partial charge in [-0.3, -0.25) is 9.69 Å². The standard InChI is InChI=1S/C26H27ClFN5OS/c27-20-12-17(5-8-21(20)28)31-25-24-19-9-11-33(14-22(19)35-26(24)30-15-29-25)23(34)2-1-10-32-13-16-3-6-18(32)7-4-16/h1-2,5,8,12,15-16,18H,3-4,6-7,9-11,13-14H2,(H,29,30,31). The summed E-state index contributed by atoms with van der Waals surface area (Å²) in [7, 11) is 0. The summed E-state index contributed by atoms with van der Waals surface area (Å²) in [6.45, 7) is 3.29. The van der Waals surface area contributed by atoms with Crippen LogP contribution in [0, 0.1) is 11.7 Å². The molecule has 4 aliphatic rings. The molecular weight excluding hydrogens is 485 g/mol. The molecule has 7 rings (SSSR count). The highest BCUT2D eigenvalue weighted by Crippen LogP contribution is 2.38. The highest BCUT2D eigenvalue weighted by molar-refractivity contribution is 7.19. The second kappa shape index (κ2) is 9.48. The molecule has 3 aromatic rings. The fraction of sp³-hybridized carbons (Fsp3) is 0.423. The molecule has 2 saturated heterocycles. The first-order valence-electron chi connectivity index (χ1n) is 12.2. The normalized spacial score (nSPS) is 22.2. The van der Waals surface area contributed by atoms with Crippen LogP contribution in [0.1, 0.15) is 36.1 Å². The molecule has 182 valence electrons. The molecule has 2 bridgehead atoms. The smallest absolute Gasteiger partial charge is 0.246 e. The van der Waals surface area contributed by atoms with Crippen LogP contribution in [0.5, 0.6) is 0 Å². The molecule has 0 unspecified atom stereocenters. The Morgan fingerprint density at radius 3 is 2.89 bits per heavy atom. The van der Waals surface area contributed by atoms with Gasteiger partial charge in [-0.15, -0.1) is 11.3 Å². The lowest BCUT2D eigenvalue weighted by Crippen LogP contribution is -2.47. The highest BCUT2D eigenvalue weighted by Gasteiger charge is 2.33. The number of nitrogens with zero attached hydrogens (tertiary/aromatic N) is 4. The Kier molecular flexibility index (Phi) is 6.20. The third-order valence-electron chi connectivity index (χ3n) is 7.56. The second-order valence-corrected chi connectivity index (χ2v) is 11.2. The number of fused-ring (bicyclic) bond motifs is 6. The van der Waals surface area contributed by atoms with Gasteiger partial charge in [-0.25, -0.2) is 14.4 Å². The van der Waals surface area contributed by atoms with Crippen molar-refractivity contribution in [3.05, 3.63) is 58.0 Å². The predicted molar refractivity (Wildman–Crippen MR) is 138 cm³/mol. The Labute approximate surface area is 212 Å². The minimum atomic E-state index is -0.458. The van der Waals surface area contributed by atoms with Crippen LogP contribution in [0.4, 0.5) is 15.9 Å². The number of piperidine rings is 2. The summed E-state index contributed by atoms with van der Waals surface area (Å²) >= 11 is 7.55. The first-order valence-corrected chi connectivity index (χ1v) is 13.4. The van der Waals surface area contributed by atoms with E-state index in [1.807, 2.05) is 11.0 Å². The lowest BCUT2D eigenvalue weighted by Gasteiger charge is -2.45. The predicted octanol–water partition coefficient (Wildman–Crippen LogP) is 5.54. The minimum absolute atomic E-state index is 0.0580. The average Bonchev–Trinajstić information content (AvgIpc) is 3.26. The van der Waals surface area contributed by atoms with Crippen molar-refractivity contribution in [1.29, 1.82) is 0 Å². The third kappa shape index (κ3) is 4.55. The van der Waals surface area contributed by atoms with Gasteiger partial charge in [-0.1, -0.05) is 17.7 Å². The highest BCUT2D eigenvalue weighted by atomic mass is 35.5. The molecule has 0 spiro atoms. The quantitative estimate of drug-likeness (QED) is 0.455. The van der Waals surface area contributed by atoms with E-state index >= 15 is 0 Å². The number of thiophene rings is 1. The van der Waals surface area contributed by atoms with Crippen LogP contribution >= 0.6 is 22.9 Å². The molecule has 3 aliphatic heterocycles. The van der Waals surface area contributed by atoms with Crippen LogP contribution in [0.25, 0.3) is 10.2 Å². The van der Waals surface area contributed by atoms with Gasteiger partial charge in [0, 0.05) is 42.3 Å². The van der Waals surface area contributed by atoms with Gasteiger partial charge in [0.05, 0.1) is 17.0 Å². The first-order chi connectivity index (χ1) is 17.0. The van der Waals surface area contributed by atoms with E-state index in [1.54, 1.807) is 29.5 Å². The van der Waals surface area contributed by atoms with Crippen molar-refractivity contribution in [2.45, 2.75) is 44.7 Å². The van der Waals surface area contributed by atoms with Crippen molar-refractivity contribution < 1.29 is 9.18 Å². The van der Waals surface area contributed by atoms with Crippen LogP contribution in [0.2, 0.25) is 5.02 Å². The van der Waals surface area contributed by atoms with E-state index in [1.165, 1.54) is 50.2 Å². The summed E-state index contributed by atoms with van der Waals surface area (Å²) in [5.74, 6) is 1.13.